The van der Waals surface area contributed by atoms with E-state index in [1.54, 1.807) is 0 Å². The third-order valence-corrected chi connectivity index (χ3v) is 4.17. The van der Waals surface area contributed by atoms with Crippen LogP contribution in [0.3, 0.4) is 0 Å². The summed E-state index contributed by atoms with van der Waals surface area (Å²) in [5, 5.41) is 45.1. The van der Waals surface area contributed by atoms with E-state index >= 15 is 0 Å². The molecular formula is C16H15F2N3O8. The van der Waals surface area contributed by atoms with E-state index in [1.807, 2.05) is 0 Å². The van der Waals surface area contributed by atoms with Crippen molar-refractivity contribution in [2.24, 2.45) is 0 Å². The van der Waals surface area contributed by atoms with Crippen LogP contribution < -0.4 is 0 Å². The number of halogens is 2. The lowest BCUT2D eigenvalue weighted by Crippen LogP contribution is -2.60. The van der Waals surface area contributed by atoms with Gasteiger partial charge in [0.15, 0.2) is 11.8 Å². The van der Waals surface area contributed by atoms with Gasteiger partial charge in [0.2, 0.25) is 6.29 Å². The molecule has 0 bridgehead atoms. The monoisotopic (exact) mass is 415 g/mol. The number of carbonyl (C=O) groups is 2. The van der Waals surface area contributed by atoms with Crippen LogP contribution >= 0.6 is 0 Å². The van der Waals surface area contributed by atoms with Gasteiger partial charge in [-0.1, -0.05) is 11.3 Å². The van der Waals surface area contributed by atoms with Crippen LogP contribution in [0.25, 0.3) is 0 Å². The van der Waals surface area contributed by atoms with Crippen LogP contribution in [0.4, 0.5) is 8.78 Å². The van der Waals surface area contributed by atoms with E-state index in [2.05, 4.69) is 10.3 Å². The second-order valence-corrected chi connectivity index (χ2v) is 6.14. The van der Waals surface area contributed by atoms with Gasteiger partial charge >= 0.3 is 11.9 Å². The molecule has 0 unspecified atom stereocenters. The maximum absolute atomic E-state index is 13.7. The predicted molar refractivity (Wildman–Crippen MR) is 85.2 cm³/mol. The van der Waals surface area contributed by atoms with Crippen LogP contribution in [0.15, 0.2) is 24.4 Å². The fraction of sp³-hybridized carbons (Fsp3) is 0.375. The highest BCUT2D eigenvalue weighted by molar-refractivity contribution is 5.86. The Bertz CT molecular complexity index is 903. The number of hydrogen-bond donors (Lipinski definition) is 4. The molecule has 11 nitrogen and oxygen atoms in total. The van der Waals surface area contributed by atoms with Crippen LogP contribution in [-0.2, 0) is 20.8 Å². The lowest BCUT2D eigenvalue weighted by Gasteiger charge is -2.37. The second kappa shape index (κ2) is 8.16. The number of carbonyl (C=O) groups excluding carboxylic acids is 1. The summed E-state index contributed by atoms with van der Waals surface area (Å²) in [5.74, 6) is -4.52. The number of carboxylic acids is 1. The number of aliphatic hydroxyl groups is 3. The van der Waals surface area contributed by atoms with Crippen molar-refractivity contribution in [3.05, 3.63) is 47.3 Å². The maximum atomic E-state index is 13.7. The molecule has 1 aliphatic rings. The molecule has 1 fully saturated rings. The first kappa shape index (κ1) is 20.7. The Kier molecular flexibility index (Phi) is 5.83. The smallest absolute Gasteiger partial charge is 0.362 e. The number of hydrogen-bond acceptors (Lipinski definition) is 9. The summed E-state index contributed by atoms with van der Waals surface area (Å²) >= 11 is 0. The number of carboxylic acid groups (broad SMARTS) is 1. The van der Waals surface area contributed by atoms with Gasteiger partial charge in [-0.3, -0.25) is 0 Å². The molecule has 0 spiro atoms. The Morgan fingerprint density at radius 1 is 1.14 bits per heavy atom. The Balaban J connectivity index is 1.71. The fourth-order valence-corrected chi connectivity index (χ4v) is 2.63. The molecule has 29 heavy (non-hydrogen) atoms. The average Bonchev–Trinajstić information content (AvgIpc) is 3.14. The molecular weight excluding hydrogens is 400 g/mol. The number of benzene rings is 1. The van der Waals surface area contributed by atoms with Crippen molar-refractivity contribution >= 4 is 11.9 Å². The highest BCUT2D eigenvalue weighted by Crippen LogP contribution is 2.23. The topological polar surface area (TPSA) is 164 Å². The largest absolute Gasteiger partial charge is 0.479 e. The van der Waals surface area contributed by atoms with Crippen molar-refractivity contribution in [2.75, 3.05) is 0 Å². The van der Waals surface area contributed by atoms with Gasteiger partial charge in [0.05, 0.1) is 12.7 Å². The number of nitrogens with zero attached hydrogens (tertiary/aromatic N) is 3. The quantitative estimate of drug-likeness (QED) is 0.429. The molecule has 4 N–H and O–H groups in total. The average molecular weight is 415 g/mol. The normalized spacial score (nSPS) is 26.9. The van der Waals surface area contributed by atoms with Gasteiger partial charge < -0.3 is 29.9 Å². The van der Waals surface area contributed by atoms with Gasteiger partial charge in [0.1, 0.15) is 29.9 Å². The van der Waals surface area contributed by atoms with Gasteiger partial charge in [-0.15, -0.1) is 5.10 Å². The number of ether oxygens (including phenoxy) is 2. The van der Waals surface area contributed by atoms with Crippen LogP contribution in [0.2, 0.25) is 0 Å². The zero-order valence-corrected chi connectivity index (χ0v) is 14.4. The standard InChI is InChI=1S/C16H15F2N3O8/c17-7-2-1-3-8(18)6(7)4-21-5-9(19-20-21)15(27)29-16-12(24)10(22)11(23)13(28-16)14(25)26/h1-3,5,10-13,16,22-24H,4H2,(H,25,26)/t10-,11-,12+,13-,16-/m0/s1. The molecule has 1 saturated heterocycles. The number of aromatic nitrogens is 3. The van der Waals surface area contributed by atoms with Crippen molar-refractivity contribution in [3.8, 4) is 0 Å². The summed E-state index contributed by atoms with van der Waals surface area (Å²) < 4.78 is 37.9. The lowest BCUT2D eigenvalue weighted by molar-refractivity contribution is -0.278. The molecule has 5 atom stereocenters. The molecule has 2 heterocycles. The van der Waals surface area contributed by atoms with E-state index in [-0.39, 0.29) is 12.1 Å². The third kappa shape index (κ3) is 4.22. The number of esters is 1. The minimum atomic E-state index is -1.96. The van der Waals surface area contributed by atoms with Crippen LogP contribution in [-0.4, -0.2) is 78.1 Å². The van der Waals surface area contributed by atoms with Crippen molar-refractivity contribution in [1.82, 2.24) is 15.0 Å². The summed E-state index contributed by atoms with van der Waals surface area (Å²) in [5.41, 5.74) is -0.755. The lowest BCUT2D eigenvalue weighted by atomic mass is 9.99. The number of rotatable bonds is 5. The van der Waals surface area contributed by atoms with Crippen LogP contribution in [0, 0.1) is 11.6 Å². The molecule has 0 radical (unpaired) electrons. The van der Waals surface area contributed by atoms with Crippen molar-refractivity contribution in [1.29, 1.82) is 0 Å². The third-order valence-electron chi connectivity index (χ3n) is 4.17. The molecule has 2 aromatic rings. The number of aliphatic hydroxyl groups excluding tert-OH is 3. The summed E-state index contributed by atoms with van der Waals surface area (Å²) in [4.78, 5) is 23.2. The van der Waals surface area contributed by atoms with E-state index < -0.39 is 60.0 Å². The van der Waals surface area contributed by atoms with Gasteiger partial charge in [-0.25, -0.2) is 23.1 Å². The van der Waals surface area contributed by atoms with E-state index in [1.165, 1.54) is 6.07 Å². The van der Waals surface area contributed by atoms with Crippen molar-refractivity contribution in [3.63, 3.8) is 0 Å². The maximum Gasteiger partial charge on any atom is 0.362 e. The Morgan fingerprint density at radius 3 is 2.41 bits per heavy atom. The van der Waals surface area contributed by atoms with Crippen molar-refractivity contribution in [2.45, 2.75) is 37.3 Å². The summed E-state index contributed by atoms with van der Waals surface area (Å²) in [6.07, 6.45) is -8.71. The second-order valence-electron chi connectivity index (χ2n) is 6.14. The molecule has 1 aromatic heterocycles. The van der Waals surface area contributed by atoms with Gasteiger partial charge in [0, 0.05) is 5.56 Å². The predicted octanol–water partition coefficient (Wildman–Crippen LogP) is -1.35. The molecule has 0 aliphatic carbocycles. The minimum Gasteiger partial charge on any atom is -0.479 e. The molecule has 156 valence electrons. The summed E-state index contributed by atoms with van der Waals surface area (Å²) in [6.45, 7) is -0.382. The minimum absolute atomic E-state index is 0.315. The van der Waals surface area contributed by atoms with E-state index in [0.717, 1.165) is 23.0 Å². The zero-order valence-electron chi connectivity index (χ0n) is 14.4. The Hall–Kier alpha value is -3.00. The first-order valence-corrected chi connectivity index (χ1v) is 8.15. The van der Waals surface area contributed by atoms with Crippen LogP contribution in [0.5, 0.6) is 0 Å². The highest BCUT2D eigenvalue weighted by atomic mass is 19.1. The van der Waals surface area contributed by atoms with Gasteiger partial charge in [-0.2, -0.15) is 0 Å². The molecule has 1 aromatic carbocycles. The highest BCUT2D eigenvalue weighted by Gasteiger charge is 2.48. The fourth-order valence-electron chi connectivity index (χ4n) is 2.63. The van der Waals surface area contributed by atoms with Crippen molar-refractivity contribution < 1.29 is 48.3 Å². The Morgan fingerprint density at radius 2 is 1.79 bits per heavy atom. The van der Waals surface area contributed by atoms with Gasteiger partial charge in [-0.05, 0) is 12.1 Å². The molecule has 3 rings (SSSR count). The molecule has 0 amide bonds. The first-order valence-electron chi connectivity index (χ1n) is 8.15. The Labute approximate surface area is 160 Å². The zero-order chi connectivity index (χ0) is 21.3. The van der Waals surface area contributed by atoms with Crippen LogP contribution in [0.1, 0.15) is 16.1 Å². The van der Waals surface area contributed by atoms with E-state index in [4.69, 9.17) is 14.6 Å². The summed E-state index contributed by atoms with van der Waals surface area (Å²) in [7, 11) is 0. The molecule has 13 heteroatoms. The SMILES string of the molecule is O=C(O[C@@H]1O[C@H](C(=O)O)[C@@H](O)[C@H](O)[C@H]1O)c1cn(Cc2c(F)cccc2F)nn1. The number of aliphatic carboxylic acids is 1. The van der Waals surface area contributed by atoms with E-state index in [9.17, 15) is 33.7 Å². The first-order chi connectivity index (χ1) is 13.7. The van der Waals surface area contributed by atoms with E-state index in [0.29, 0.717) is 0 Å². The van der Waals surface area contributed by atoms with Gasteiger partial charge in [0.25, 0.3) is 0 Å². The molecule has 1 aliphatic heterocycles. The summed E-state index contributed by atoms with van der Waals surface area (Å²) in [6, 6.07) is 3.28. The molecule has 0 saturated carbocycles.